The minimum atomic E-state index is -4.40. The van der Waals surface area contributed by atoms with Crippen molar-refractivity contribution in [2.45, 2.75) is 50.4 Å². The topological polar surface area (TPSA) is 48.3 Å². The molecule has 1 fully saturated rings. The zero-order valence-electron chi connectivity index (χ0n) is 13.7. The lowest BCUT2D eigenvalue weighted by atomic mass is 10.00. The number of ether oxygens (including phenoxy) is 1. The number of alkyl halides is 3. The lowest BCUT2D eigenvalue weighted by molar-refractivity contribution is -0.146. The minimum absolute atomic E-state index is 0.0699. The van der Waals surface area contributed by atoms with E-state index in [0.29, 0.717) is 17.4 Å². The molecule has 0 amide bonds. The fourth-order valence-electron chi connectivity index (χ4n) is 3.85. The molecule has 8 heteroatoms. The fourth-order valence-corrected chi connectivity index (χ4v) is 5.09. The number of carbonyl (C=O) groups excluding carboxylic acids is 1. The summed E-state index contributed by atoms with van der Waals surface area (Å²) in [4.78, 5) is 25.5. The standard InChI is InChI=1S/C18H16F3NO3S/c19-18(20,21)13-5-1-10(2-6-13)7-14(23)25-9-22-17(24)15-11-3-4-12(8-11)16(15)26-22/h1-2,5-6,11-12H,3-4,7-9H2. The Hall–Kier alpha value is -2.09. The zero-order valence-corrected chi connectivity index (χ0v) is 14.5. The summed E-state index contributed by atoms with van der Waals surface area (Å²) in [6.07, 6.45) is -1.31. The van der Waals surface area contributed by atoms with E-state index in [4.69, 9.17) is 4.74 Å². The van der Waals surface area contributed by atoms with Gasteiger partial charge in [0, 0.05) is 10.4 Å². The highest BCUT2D eigenvalue weighted by molar-refractivity contribution is 7.06. The summed E-state index contributed by atoms with van der Waals surface area (Å²) in [7, 11) is 0. The van der Waals surface area contributed by atoms with Crippen molar-refractivity contribution in [3.8, 4) is 0 Å². The average Bonchev–Trinajstić information content (AvgIpc) is 3.26. The number of esters is 1. The van der Waals surface area contributed by atoms with E-state index in [9.17, 15) is 22.8 Å². The number of carbonyl (C=O) groups is 1. The second-order valence-electron chi connectivity index (χ2n) is 6.78. The van der Waals surface area contributed by atoms with E-state index in [-0.39, 0.29) is 18.7 Å². The molecule has 2 unspecified atom stereocenters. The van der Waals surface area contributed by atoms with Crippen LogP contribution in [0.1, 0.15) is 52.7 Å². The maximum absolute atomic E-state index is 12.5. The number of aromatic nitrogens is 1. The van der Waals surface area contributed by atoms with Gasteiger partial charge in [-0.1, -0.05) is 23.7 Å². The van der Waals surface area contributed by atoms with Gasteiger partial charge in [-0.25, -0.2) is 3.96 Å². The average molecular weight is 383 g/mol. The Morgan fingerprint density at radius 2 is 1.88 bits per heavy atom. The van der Waals surface area contributed by atoms with Gasteiger partial charge < -0.3 is 4.74 Å². The molecule has 0 radical (unpaired) electrons. The highest BCUT2D eigenvalue weighted by Crippen LogP contribution is 2.53. The Labute approximate surface area is 151 Å². The highest BCUT2D eigenvalue weighted by Gasteiger charge is 2.41. The van der Waals surface area contributed by atoms with Gasteiger partial charge in [0.25, 0.3) is 5.56 Å². The lowest BCUT2D eigenvalue weighted by Gasteiger charge is -2.08. The quantitative estimate of drug-likeness (QED) is 0.749. The largest absolute Gasteiger partial charge is 0.443 e. The SMILES string of the molecule is O=C(Cc1ccc(C(F)(F)F)cc1)OCn1sc2c(c1=O)C1CCC2C1. The lowest BCUT2D eigenvalue weighted by Crippen LogP contribution is -2.21. The van der Waals surface area contributed by atoms with Gasteiger partial charge in [0.05, 0.1) is 12.0 Å². The van der Waals surface area contributed by atoms with E-state index in [1.54, 1.807) is 0 Å². The Balaban J connectivity index is 1.37. The molecule has 26 heavy (non-hydrogen) atoms. The van der Waals surface area contributed by atoms with Crippen LogP contribution in [-0.2, 0) is 28.9 Å². The molecule has 138 valence electrons. The molecule has 1 aromatic heterocycles. The van der Waals surface area contributed by atoms with Crippen molar-refractivity contribution in [1.82, 2.24) is 3.96 Å². The summed E-state index contributed by atoms with van der Waals surface area (Å²) in [5.41, 5.74) is 0.496. The summed E-state index contributed by atoms with van der Waals surface area (Å²) < 4.78 is 44.2. The first-order valence-electron chi connectivity index (χ1n) is 8.38. The summed E-state index contributed by atoms with van der Waals surface area (Å²) >= 11 is 1.37. The number of hydrogen-bond acceptors (Lipinski definition) is 4. The third-order valence-corrected chi connectivity index (χ3v) is 6.36. The van der Waals surface area contributed by atoms with Crippen LogP contribution in [0, 0.1) is 0 Å². The van der Waals surface area contributed by atoms with E-state index < -0.39 is 17.7 Å². The van der Waals surface area contributed by atoms with Crippen molar-refractivity contribution in [3.63, 3.8) is 0 Å². The molecule has 2 atom stereocenters. The first-order valence-corrected chi connectivity index (χ1v) is 9.16. The van der Waals surface area contributed by atoms with Crippen LogP contribution in [0.15, 0.2) is 29.1 Å². The highest BCUT2D eigenvalue weighted by atomic mass is 32.1. The predicted molar refractivity (Wildman–Crippen MR) is 89.2 cm³/mol. The number of nitrogens with zero attached hydrogens (tertiary/aromatic N) is 1. The van der Waals surface area contributed by atoms with Gasteiger partial charge in [-0.05, 0) is 48.8 Å². The second kappa shape index (κ2) is 6.26. The van der Waals surface area contributed by atoms with E-state index in [1.165, 1.54) is 27.6 Å². The number of rotatable bonds is 4. The predicted octanol–water partition coefficient (Wildman–Crippen LogP) is 4.04. The molecule has 0 spiro atoms. The number of halogens is 3. The summed E-state index contributed by atoms with van der Waals surface area (Å²) in [5.74, 6) is 0.243. The number of hydrogen-bond donors (Lipinski definition) is 0. The Kier molecular flexibility index (Phi) is 4.17. The van der Waals surface area contributed by atoms with Gasteiger partial charge in [0.2, 0.25) is 0 Å². The molecule has 0 saturated heterocycles. The summed E-state index contributed by atoms with van der Waals surface area (Å²) in [6.45, 7) is -0.143. The molecule has 0 aliphatic heterocycles. The Bertz CT molecular complexity index is 898. The molecular weight excluding hydrogens is 367 g/mol. The number of fused-ring (bicyclic) bond motifs is 5. The maximum atomic E-state index is 12.5. The van der Waals surface area contributed by atoms with Gasteiger partial charge >= 0.3 is 12.1 Å². The van der Waals surface area contributed by atoms with Crippen LogP contribution in [0.3, 0.4) is 0 Å². The van der Waals surface area contributed by atoms with Crippen LogP contribution < -0.4 is 5.56 Å². The van der Waals surface area contributed by atoms with Crippen LogP contribution in [0.4, 0.5) is 13.2 Å². The van der Waals surface area contributed by atoms with Gasteiger partial charge in [0.15, 0.2) is 6.73 Å². The zero-order chi connectivity index (χ0) is 18.5. The van der Waals surface area contributed by atoms with Crippen molar-refractivity contribution in [1.29, 1.82) is 0 Å². The first-order chi connectivity index (χ1) is 12.3. The second-order valence-corrected chi connectivity index (χ2v) is 7.84. The van der Waals surface area contributed by atoms with Gasteiger partial charge in [-0.15, -0.1) is 0 Å². The first kappa shape index (κ1) is 17.3. The van der Waals surface area contributed by atoms with Crippen molar-refractivity contribution >= 4 is 17.5 Å². The maximum Gasteiger partial charge on any atom is 0.416 e. The molecule has 2 aromatic rings. The van der Waals surface area contributed by atoms with Gasteiger partial charge in [0.1, 0.15) is 0 Å². The smallest absolute Gasteiger partial charge is 0.416 e. The number of benzene rings is 1. The molecule has 2 aliphatic carbocycles. The van der Waals surface area contributed by atoms with E-state index in [2.05, 4.69) is 0 Å². The van der Waals surface area contributed by atoms with Crippen molar-refractivity contribution in [2.75, 3.05) is 0 Å². The summed E-state index contributed by atoms with van der Waals surface area (Å²) in [5, 5.41) is 0. The molecule has 0 N–H and O–H groups in total. The molecule has 1 aromatic carbocycles. The third kappa shape index (κ3) is 3.06. The normalized spacial score (nSPS) is 21.0. The van der Waals surface area contributed by atoms with E-state index in [1.807, 2.05) is 0 Å². The van der Waals surface area contributed by atoms with Gasteiger partial charge in [-0.3, -0.25) is 9.59 Å². The Morgan fingerprint density at radius 3 is 2.54 bits per heavy atom. The Morgan fingerprint density at radius 1 is 1.19 bits per heavy atom. The van der Waals surface area contributed by atoms with Crippen molar-refractivity contribution in [2.24, 2.45) is 0 Å². The van der Waals surface area contributed by atoms with Crippen LogP contribution in [0.2, 0.25) is 0 Å². The van der Waals surface area contributed by atoms with Crippen LogP contribution >= 0.6 is 11.5 Å². The van der Waals surface area contributed by atoms with Crippen molar-refractivity contribution in [3.05, 3.63) is 56.2 Å². The minimum Gasteiger partial charge on any atom is -0.443 e. The molecule has 4 nitrogen and oxygen atoms in total. The summed E-state index contributed by atoms with van der Waals surface area (Å²) in [6, 6.07) is 4.39. The van der Waals surface area contributed by atoms with Crippen LogP contribution in [0.25, 0.3) is 0 Å². The van der Waals surface area contributed by atoms with E-state index >= 15 is 0 Å². The molecule has 4 rings (SSSR count). The van der Waals surface area contributed by atoms with Crippen molar-refractivity contribution < 1.29 is 22.7 Å². The molecule has 2 aliphatic rings. The molecule has 1 saturated carbocycles. The fraction of sp³-hybridized carbons (Fsp3) is 0.444. The monoisotopic (exact) mass is 383 g/mol. The van der Waals surface area contributed by atoms with E-state index in [0.717, 1.165) is 41.8 Å². The van der Waals surface area contributed by atoms with Crippen LogP contribution in [0.5, 0.6) is 0 Å². The van der Waals surface area contributed by atoms with Gasteiger partial charge in [-0.2, -0.15) is 13.2 Å². The molecular formula is C18H16F3NO3S. The molecule has 2 bridgehead atoms. The third-order valence-electron chi connectivity index (χ3n) is 5.12. The van der Waals surface area contributed by atoms with Crippen LogP contribution in [-0.4, -0.2) is 9.93 Å². The molecule has 1 heterocycles.